The van der Waals surface area contributed by atoms with Gasteiger partial charge in [-0.1, -0.05) is 10.3 Å². The van der Waals surface area contributed by atoms with Gasteiger partial charge in [0, 0.05) is 24.8 Å². The quantitative estimate of drug-likeness (QED) is 0.450. The van der Waals surface area contributed by atoms with Gasteiger partial charge in [0.2, 0.25) is 0 Å². The highest BCUT2D eigenvalue weighted by Crippen LogP contribution is 2.18. The molecule has 4 heterocycles. The average Bonchev–Trinajstić information content (AvgIpc) is 3.38. The van der Waals surface area contributed by atoms with Crippen molar-refractivity contribution in [3.8, 4) is 22.9 Å². The number of aryl methyl sites for hydroxylation is 2. The van der Waals surface area contributed by atoms with Crippen LogP contribution in [0, 0.1) is 13.8 Å². The van der Waals surface area contributed by atoms with E-state index in [1.165, 1.54) is 0 Å². The van der Waals surface area contributed by atoms with Gasteiger partial charge in [0.05, 0.1) is 22.9 Å². The van der Waals surface area contributed by atoms with Crippen molar-refractivity contribution in [2.24, 2.45) is 0 Å². The lowest BCUT2D eigenvalue weighted by Crippen LogP contribution is -1.83. The summed E-state index contributed by atoms with van der Waals surface area (Å²) in [7, 11) is 0. The largest absolute Gasteiger partial charge is 0.334 e. The zero-order valence-electron chi connectivity index (χ0n) is 15.1. The average molecular weight is 419 g/mol. The number of hydrogen-bond acceptors (Lipinski definition) is 8. The molecule has 0 saturated heterocycles. The maximum Gasteiger partial charge on any atom is 0.259 e. The first-order valence-electron chi connectivity index (χ1n) is 8.20. The van der Waals surface area contributed by atoms with E-state index in [0.29, 0.717) is 23.4 Å². The van der Waals surface area contributed by atoms with Crippen molar-refractivity contribution in [3.63, 3.8) is 0 Å². The second kappa shape index (κ2) is 9.38. The topological polar surface area (TPSA) is 104 Å². The lowest BCUT2D eigenvalue weighted by Gasteiger charge is -1.93. The molecule has 0 atom stereocenters. The van der Waals surface area contributed by atoms with E-state index in [1.807, 2.05) is 26.0 Å². The first-order chi connectivity index (χ1) is 13.6. The van der Waals surface area contributed by atoms with E-state index in [4.69, 9.17) is 32.2 Å². The van der Waals surface area contributed by atoms with Crippen LogP contribution in [0.2, 0.25) is 0 Å². The molecular weight excluding hydrogens is 403 g/mol. The minimum absolute atomic E-state index is 0.253. The molecule has 0 aliphatic heterocycles. The van der Waals surface area contributed by atoms with Crippen LogP contribution in [0.3, 0.4) is 0 Å². The predicted octanol–water partition coefficient (Wildman–Crippen LogP) is 4.36. The number of alkyl halides is 2. The third-order valence-electron chi connectivity index (χ3n) is 3.42. The van der Waals surface area contributed by atoms with E-state index >= 15 is 0 Å². The fraction of sp³-hybridized carbons (Fsp3) is 0.222. The lowest BCUT2D eigenvalue weighted by molar-refractivity contribution is 0.424. The van der Waals surface area contributed by atoms with Gasteiger partial charge in [-0.3, -0.25) is 9.97 Å². The molecule has 0 amide bonds. The highest BCUT2D eigenvalue weighted by molar-refractivity contribution is 6.16. The number of aromatic nitrogens is 6. The summed E-state index contributed by atoms with van der Waals surface area (Å²) < 4.78 is 10.0. The molecular formula is C18H16Cl2N6O2. The fourth-order valence-electron chi connectivity index (χ4n) is 2.19. The number of halogens is 2. The number of nitrogens with zero attached hydrogens (tertiary/aromatic N) is 6. The summed E-state index contributed by atoms with van der Waals surface area (Å²) in [6, 6.07) is 3.86. The molecule has 0 saturated carbocycles. The molecule has 8 nitrogen and oxygen atoms in total. The van der Waals surface area contributed by atoms with Crippen molar-refractivity contribution >= 4 is 23.2 Å². The van der Waals surface area contributed by atoms with Crippen molar-refractivity contribution < 1.29 is 9.05 Å². The Morgan fingerprint density at radius 3 is 1.46 bits per heavy atom. The maximum atomic E-state index is 5.56. The SMILES string of the molecule is Cc1cncc(-c2nc(CCl)no2)c1.Cc1cncc(-c2nc(CCl)no2)c1. The van der Waals surface area contributed by atoms with Crippen LogP contribution in [0.15, 0.2) is 46.0 Å². The zero-order chi connectivity index (χ0) is 19.9. The van der Waals surface area contributed by atoms with Gasteiger partial charge in [-0.2, -0.15) is 9.97 Å². The second-order valence-corrected chi connectivity index (χ2v) is 6.34. The molecule has 0 unspecified atom stereocenters. The van der Waals surface area contributed by atoms with Gasteiger partial charge in [0.15, 0.2) is 11.6 Å². The summed E-state index contributed by atoms with van der Waals surface area (Å²) in [5.41, 5.74) is 3.73. The summed E-state index contributed by atoms with van der Waals surface area (Å²) in [5, 5.41) is 7.39. The highest BCUT2D eigenvalue weighted by Gasteiger charge is 2.08. The third-order valence-corrected chi connectivity index (χ3v) is 3.90. The molecule has 144 valence electrons. The molecule has 0 spiro atoms. The van der Waals surface area contributed by atoms with Crippen LogP contribution in [-0.2, 0) is 11.8 Å². The van der Waals surface area contributed by atoms with Crippen molar-refractivity contribution in [2.45, 2.75) is 25.6 Å². The Hall–Kier alpha value is -2.84. The minimum Gasteiger partial charge on any atom is -0.334 e. The van der Waals surface area contributed by atoms with E-state index in [-0.39, 0.29) is 11.8 Å². The Balaban J connectivity index is 0.000000161. The van der Waals surface area contributed by atoms with Crippen LogP contribution in [0.25, 0.3) is 22.9 Å². The first-order valence-corrected chi connectivity index (χ1v) is 9.27. The minimum atomic E-state index is 0.253. The molecule has 0 bridgehead atoms. The predicted molar refractivity (Wildman–Crippen MR) is 104 cm³/mol. The Morgan fingerprint density at radius 2 is 1.14 bits per heavy atom. The summed E-state index contributed by atoms with van der Waals surface area (Å²) in [4.78, 5) is 16.3. The zero-order valence-corrected chi connectivity index (χ0v) is 16.6. The van der Waals surface area contributed by atoms with Crippen LogP contribution in [0.1, 0.15) is 22.8 Å². The van der Waals surface area contributed by atoms with Crippen LogP contribution in [0.4, 0.5) is 0 Å². The van der Waals surface area contributed by atoms with Gasteiger partial charge in [0.1, 0.15) is 0 Å². The fourth-order valence-corrected chi connectivity index (χ4v) is 2.41. The maximum absolute atomic E-state index is 5.56. The van der Waals surface area contributed by atoms with Gasteiger partial charge >= 0.3 is 0 Å². The van der Waals surface area contributed by atoms with Crippen LogP contribution < -0.4 is 0 Å². The molecule has 0 radical (unpaired) electrons. The molecule has 28 heavy (non-hydrogen) atoms. The standard InChI is InChI=1S/2C9H8ClN3O/c2*1-6-2-7(5-11-4-6)9-12-8(3-10)13-14-9/h2*2,4-5H,3H2,1H3. The van der Waals surface area contributed by atoms with Crippen molar-refractivity contribution in [3.05, 3.63) is 59.7 Å². The smallest absolute Gasteiger partial charge is 0.259 e. The van der Waals surface area contributed by atoms with E-state index in [0.717, 1.165) is 22.3 Å². The normalized spacial score (nSPS) is 10.4. The van der Waals surface area contributed by atoms with Crippen LogP contribution in [0.5, 0.6) is 0 Å². The van der Waals surface area contributed by atoms with Gasteiger partial charge in [-0.15, -0.1) is 23.2 Å². The van der Waals surface area contributed by atoms with Crippen molar-refractivity contribution in [1.82, 2.24) is 30.2 Å². The van der Waals surface area contributed by atoms with Gasteiger partial charge in [-0.25, -0.2) is 0 Å². The first kappa shape index (κ1) is 19.9. The van der Waals surface area contributed by atoms with E-state index in [9.17, 15) is 0 Å². The van der Waals surface area contributed by atoms with Crippen LogP contribution >= 0.6 is 23.2 Å². The number of pyridine rings is 2. The molecule has 0 aliphatic rings. The highest BCUT2D eigenvalue weighted by atomic mass is 35.5. The van der Waals surface area contributed by atoms with Crippen molar-refractivity contribution in [2.75, 3.05) is 0 Å². The summed E-state index contributed by atoms with van der Waals surface area (Å²) in [6.45, 7) is 3.91. The molecule has 4 rings (SSSR count). The Morgan fingerprint density at radius 1 is 0.714 bits per heavy atom. The Bertz CT molecular complexity index is 966. The molecule has 4 aromatic rings. The Labute approximate surface area is 170 Å². The number of rotatable bonds is 4. The van der Waals surface area contributed by atoms with Crippen molar-refractivity contribution in [1.29, 1.82) is 0 Å². The number of hydrogen-bond donors (Lipinski definition) is 0. The van der Waals surface area contributed by atoms with Gasteiger partial charge < -0.3 is 9.05 Å². The molecule has 10 heteroatoms. The molecule has 0 aliphatic carbocycles. The van der Waals surface area contributed by atoms with Gasteiger partial charge in [-0.05, 0) is 37.1 Å². The molecule has 4 aromatic heterocycles. The van der Waals surface area contributed by atoms with E-state index in [2.05, 4.69) is 30.2 Å². The third kappa shape index (κ3) is 5.11. The van der Waals surface area contributed by atoms with E-state index < -0.39 is 0 Å². The molecule has 0 fully saturated rings. The second-order valence-electron chi connectivity index (χ2n) is 5.80. The summed E-state index contributed by atoms with van der Waals surface area (Å²) >= 11 is 11.1. The lowest BCUT2D eigenvalue weighted by atomic mass is 10.2. The van der Waals surface area contributed by atoms with Gasteiger partial charge in [0.25, 0.3) is 11.8 Å². The molecule has 0 aromatic carbocycles. The summed E-state index contributed by atoms with van der Waals surface area (Å²) in [6.07, 6.45) is 6.89. The van der Waals surface area contributed by atoms with Crippen LogP contribution in [-0.4, -0.2) is 30.2 Å². The molecule has 0 N–H and O–H groups in total. The Kier molecular flexibility index (Phi) is 6.67. The summed E-state index contributed by atoms with van der Waals surface area (Å²) in [5.74, 6) is 2.39. The monoisotopic (exact) mass is 418 g/mol. The van der Waals surface area contributed by atoms with E-state index in [1.54, 1.807) is 24.8 Å².